The van der Waals surface area contributed by atoms with Crippen LogP contribution in [0.3, 0.4) is 0 Å². The zero-order valence-electron chi connectivity index (χ0n) is 11.7. The molecule has 1 unspecified atom stereocenters. The first-order valence-electron chi connectivity index (χ1n) is 7.42. The third-order valence-corrected chi connectivity index (χ3v) is 4.26. The minimum atomic E-state index is 0.00772. The monoisotopic (exact) mass is 286 g/mol. The number of nitrogens with one attached hydrogen (secondary N) is 2. The third-order valence-electron chi connectivity index (χ3n) is 4.26. The molecule has 4 heterocycles. The van der Waals surface area contributed by atoms with Crippen molar-refractivity contribution in [2.75, 3.05) is 17.2 Å². The standard InChI is InChI=1S/C14H18N6O/c21-14(10-3-7-19-11(8-10)2-5-16-19)18-12-9-17-20-6-1-4-15-13(12)20/h2,5,9-10,15H,1,3-4,6-8H2,(H,18,21). The van der Waals surface area contributed by atoms with E-state index in [1.54, 1.807) is 12.4 Å². The molecule has 0 aromatic carbocycles. The topological polar surface area (TPSA) is 76.8 Å². The molecular weight excluding hydrogens is 268 g/mol. The van der Waals surface area contributed by atoms with E-state index in [2.05, 4.69) is 20.8 Å². The molecule has 0 fully saturated rings. The maximum atomic E-state index is 12.5. The molecular formula is C14H18N6O. The summed E-state index contributed by atoms with van der Waals surface area (Å²) in [4.78, 5) is 12.5. The van der Waals surface area contributed by atoms with Crippen LogP contribution in [0.5, 0.6) is 0 Å². The Hall–Kier alpha value is -2.31. The van der Waals surface area contributed by atoms with Crippen molar-refractivity contribution in [1.29, 1.82) is 0 Å². The molecule has 0 aliphatic carbocycles. The van der Waals surface area contributed by atoms with Crippen molar-refractivity contribution in [1.82, 2.24) is 19.6 Å². The van der Waals surface area contributed by atoms with Crippen molar-refractivity contribution in [3.63, 3.8) is 0 Å². The molecule has 4 rings (SSSR count). The zero-order valence-corrected chi connectivity index (χ0v) is 11.7. The number of hydrogen-bond donors (Lipinski definition) is 2. The largest absolute Gasteiger partial charge is 0.368 e. The van der Waals surface area contributed by atoms with Crippen LogP contribution in [-0.4, -0.2) is 32.0 Å². The summed E-state index contributed by atoms with van der Waals surface area (Å²) in [6.45, 7) is 2.64. The van der Waals surface area contributed by atoms with Gasteiger partial charge in [-0.25, -0.2) is 4.68 Å². The van der Waals surface area contributed by atoms with Gasteiger partial charge in [-0.15, -0.1) is 0 Å². The number of fused-ring (bicyclic) bond motifs is 2. The van der Waals surface area contributed by atoms with E-state index in [4.69, 9.17) is 0 Å². The highest BCUT2D eigenvalue weighted by Crippen LogP contribution is 2.26. The minimum Gasteiger partial charge on any atom is -0.368 e. The van der Waals surface area contributed by atoms with Crippen LogP contribution in [0.2, 0.25) is 0 Å². The highest BCUT2D eigenvalue weighted by atomic mass is 16.1. The fraction of sp³-hybridized carbons (Fsp3) is 0.500. The SMILES string of the molecule is O=C(Nc1cnn2c1NCCC2)C1CCn2nccc2C1. The Morgan fingerprint density at radius 2 is 2.29 bits per heavy atom. The molecule has 7 heteroatoms. The molecule has 0 bridgehead atoms. The molecule has 2 aromatic heterocycles. The van der Waals surface area contributed by atoms with Crippen molar-refractivity contribution in [2.45, 2.75) is 32.4 Å². The summed E-state index contributed by atoms with van der Waals surface area (Å²) < 4.78 is 3.89. The Morgan fingerprint density at radius 3 is 3.24 bits per heavy atom. The molecule has 1 amide bonds. The Labute approximate surface area is 122 Å². The molecule has 2 aliphatic heterocycles. The van der Waals surface area contributed by atoms with E-state index in [-0.39, 0.29) is 11.8 Å². The number of rotatable bonds is 2. The second kappa shape index (κ2) is 4.91. The maximum absolute atomic E-state index is 12.5. The number of aromatic nitrogens is 4. The van der Waals surface area contributed by atoms with E-state index in [1.165, 1.54) is 0 Å². The number of anilines is 2. The number of carbonyl (C=O) groups excluding carboxylic acids is 1. The van der Waals surface area contributed by atoms with Crippen LogP contribution in [0.15, 0.2) is 18.5 Å². The van der Waals surface area contributed by atoms with Gasteiger partial charge in [-0.1, -0.05) is 0 Å². The van der Waals surface area contributed by atoms with E-state index < -0.39 is 0 Å². The summed E-state index contributed by atoms with van der Waals surface area (Å²) in [7, 11) is 0. The third kappa shape index (κ3) is 2.18. The number of nitrogens with zero attached hydrogens (tertiary/aromatic N) is 4. The van der Waals surface area contributed by atoms with Crippen LogP contribution in [0.25, 0.3) is 0 Å². The molecule has 7 nitrogen and oxygen atoms in total. The van der Waals surface area contributed by atoms with Crippen molar-refractivity contribution in [3.8, 4) is 0 Å². The van der Waals surface area contributed by atoms with Gasteiger partial charge >= 0.3 is 0 Å². The van der Waals surface area contributed by atoms with Gasteiger partial charge in [-0.05, 0) is 18.9 Å². The Morgan fingerprint density at radius 1 is 1.33 bits per heavy atom. The fourth-order valence-corrected chi connectivity index (χ4v) is 3.09. The van der Waals surface area contributed by atoms with Crippen molar-refractivity contribution in [2.24, 2.45) is 5.92 Å². The molecule has 0 saturated heterocycles. The van der Waals surface area contributed by atoms with Gasteiger partial charge in [-0.2, -0.15) is 10.2 Å². The average molecular weight is 286 g/mol. The van der Waals surface area contributed by atoms with Gasteiger partial charge < -0.3 is 10.6 Å². The van der Waals surface area contributed by atoms with E-state index in [9.17, 15) is 4.79 Å². The van der Waals surface area contributed by atoms with Gasteiger partial charge in [0.25, 0.3) is 0 Å². The number of aryl methyl sites for hydroxylation is 2. The number of hydrogen-bond acceptors (Lipinski definition) is 4. The molecule has 2 aromatic rings. The van der Waals surface area contributed by atoms with Crippen LogP contribution < -0.4 is 10.6 Å². The van der Waals surface area contributed by atoms with Gasteiger partial charge in [-0.3, -0.25) is 9.48 Å². The molecule has 0 saturated carbocycles. The molecule has 0 radical (unpaired) electrons. The van der Waals surface area contributed by atoms with Crippen LogP contribution >= 0.6 is 0 Å². The lowest BCUT2D eigenvalue weighted by Crippen LogP contribution is -2.30. The van der Waals surface area contributed by atoms with Gasteiger partial charge in [0, 0.05) is 43.9 Å². The van der Waals surface area contributed by atoms with Crippen LogP contribution in [-0.2, 0) is 24.3 Å². The first-order chi connectivity index (χ1) is 10.3. The summed E-state index contributed by atoms with van der Waals surface area (Å²) in [5, 5.41) is 14.9. The lowest BCUT2D eigenvalue weighted by atomic mass is 9.95. The quantitative estimate of drug-likeness (QED) is 0.866. The lowest BCUT2D eigenvalue weighted by Gasteiger charge is -2.23. The highest BCUT2D eigenvalue weighted by molar-refractivity contribution is 5.95. The fourth-order valence-electron chi connectivity index (χ4n) is 3.09. The second-order valence-electron chi connectivity index (χ2n) is 5.63. The zero-order chi connectivity index (χ0) is 14.2. The second-order valence-corrected chi connectivity index (χ2v) is 5.63. The number of carbonyl (C=O) groups is 1. The van der Waals surface area contributed by atoms with Crippen molar-refractivity contribution in [3.05, 3.63) is 24.2 Å². The van der Waals surface area contributed by atoms with Gasteiger partial charge in [0.1, 0.15) is 11.5 Å². The van der Waals surface area contributed by atoms with Gasteiger partial charge in [0.05, 0.1) is 6.20 Å². The highest BCUT2D eigenvalue weighted by Gasteiger charge is 2.26. The van der Waals surface area contributed by atoms with E-state index in [1.807, 2.05) is 15.4 Å². The summed E-state index contributed by atoms with van der Waals surface area (Å²) in [6.07, 6.45) is 6.18. The molecule has 2 aliphatic rings. The van der Waals surface area contributed by atoms with Crippen LogP contribution in [0, 0.1) is 5.92 Å². The first kappa shape index (κ1) is 12.4. The predicted molar refractivity (Wildman–Crippen MR) is 78.0 cm³/mol. The predicted octanol–water partition coefficient (Wildman–Crippen LogP) is 1.10. The summed E-state index contributed by atoms with van der Waals surface area (Å²) >= 11 is 0. The number of amides is 1. The van der Waals surface area contributed by atoms with Crippen molar-refractivity contribution < 1.29 is 4.79 Å². The molecule has 2 N–H and O–H groups in total. The smallest absolute Gasteiger partial charge is 0.228 e. The molecule has 1 atom stereocenters. The van der Waals surface area contributed by atoms with E-state index in [0.29, 0.717) is 0 Å². The Bertz CT molecular complexity index is 673. The van der Waals surface area contributed by atoms with E-state index >= 15 is 0 Å². The molecule has 110 valence electrons. The average Bonchev–Trinajstić information content (AvgIpc) is 3.13. The summed E-state index contributed by atoms with van der Waals surface area (Å²) in [6, 6.07) is 1.99. The van der Waals surface area contributed by atoms with Gasteiger partial charge in [0.2, 0.25) is 5.91 Å². The minimum absolute atomic E-state index is 0.00772. The lowest BCUT2D eigenvalue weighted by molar-refractivity contribution is -0.120. The summed E-state index contributed by atoms with van der Waals surface area (Å²) in [5.41, 5.74) is 1.93. The van der Waals surface area contributed by atoms with Crippen LogP contribution in [0.4, 0.5) is 11.5 Å². The maximum Gasteiger partial charge on any atom is 0.228 e. The van der Waals surface area contributed by atoms with Crippen LogP contribution in [0.1, 0.15) is 18.5 Å². The molecule has 0 spiro atoms. The normalized spacial score (nSPS) is 20.3. The first-order valence-corrected chi connectivity index (χ1v) is 7.42. The Kier molecular flexibility index (Phi) is 2.90. The molecule has 21 heavy (non-hydrogen) atoms. The Balaban J connectivity index is 1.48. The van der Waals surface area contributed by atoms with E-state index in [0.717, 1.165) is 56.1 Å². The van der Waals surface area contributed by atoms with Crippen molar-refractivity contribution >= 4 is 17.4 Å². The summed E-state index contributed by atoms with van der Waals surface area (Å²) in [5.74, 6) is 1.01. The van der Waals surface area contributed by atoms with Gasteiger partial charge in [0.15, 0.2) is 0 Å².